The number of hydrazine groups is 1. The van der Waals surface area contributed by atoms with Crippen molar-refractivity contribution in [1.82, 2.24) is 9.97 Å². The van der Waals surface area contributed by atoms with Gasteiger partial charge in [0.05, 0.1) is 15.5 Å². The molecule has 12 nitrogen and oxygen atoms in total. The summed E-state index contributed by atoms with van der Waals surface area (Å²) in [6.45, 7) is 2.34. The molecule has 2 heterocycles. The van der Waals surface area contributed by atoms with Crippen LogP contribution in [0.5, 0.6) is 0 Å². The quantitative estimate of drug-likeness (QED) is 0.387. The Morgan fingerprint density at radius 3 is 2.21 bits per heavy atom. The van der Waals surface area contributed by atoms with E-state index in [1.807, 2.05) is 29.2 Å². The monoisotopic (exact) mass is 470 g/mol. The number of non-ortho nitro benzene ring substituents is 1. The highest BCUT2D eigenvalue weighted by Crippen LogP contribution is 2.33. The van der Waals surface area contributed by atoms with Crippen molar-refractivity contribution in [3.63, 3.8) is 0 Å². The molecule has 1 aromatic heterocycles. The second-order valence-electron chi connectivity index (χ2n) is 7.16. The Bertz CT molecular complexity index is 1170. The lowest BCUT2D eigenvalue weighted by atomic mass is 10.2. The van der Waals surface area contributed by atoms with Gasteiger partial charge in [-0.15, -0.1) is 0 Å². The lowest BCUT2D eigenvalue weighted by Gasteiger charge is -2.36. The van der Waals surface area contributed by atoms with Gasteiger partial charge in [0.15, 0.2) is 0 Å². The van der Waals surface area contributed by atoms with Crippen LogP contribution in [-0.2, 0) is 0 Å². The van der Waals surface area contributed by atoms with Crippen LogP contribution in [0.25, 0.3) is 0 Å². The zero-order chi connectivity index (χ0) is 23.4. The number of anilines is 4. The highest BCUT2D eigenvalue weighted by molar-refractivity contribution is 6.30. The number of hydrogen-bond donors (Lipinski definition) is 2. The summed E-state index contributed by atoms with van der Waals surface area (Å²) in [4.78, 5) is 33.8. The number of benzene rings is 2. The fraction of sp³-hybridized carbons (Fsp3) is 0.200. The van der Waals surface area contributed by atoms with E-state index >= 15 is 0 Å². The van der Waals surface area contributed by atoms with Crippen molar-refractivity contribution < 1.29 is 9.85 Å². The van der Waals surface area contributed by atoms with Crippen LogP contribution in [0.1, 0.15) is 0 Å². The molecule has 0 spiro atoms. The Hall–Kier alpha value is -4.19. The van der Waals surface area contributed by atoms with Gasteiger partial charge in [-0.1, -0.05) is 17.7 Å². The van der Waals surface area contributed by atoms with Gasteiger partial charge in [-0.3, -0.25) is 31.1 Å². The zero-order valence-corrected chi connectivity index (χ0v) is 18.0. The molecule has 170 valence electrons. The van der Waals surface area contributed by atoms with Crippen molar-refractivity contribution in [1.29, 1.82) is 0 Å². The third kappa shape index (κ3) is 5.01. The number of rotatable bonds is 7. The summed E-state index contributed by atoms with van der Waals surface area (Å²) in [5.41, 5.74) is 6.64. The van der Waals surface area contributed by atoms with Gasteiger partial charge in [-0.05, 0) is 30.3 Å². The van der Waals surface area contributed by atoms with Gasteiger partial charge < -0.3 is 9.80 Å². The fourth-order valence-corrected chi connectivity index (χ4v) is 3.69. The molecular formula is C20H19ClN8O4. The molecule has 1 fully saturated rings. The summed E-state index contributed by atoms with van der Waals surface area (Å²) in [7, 11) is 0. The number of piperazine rings is 1. The molecule has 1 aliphatic heterocycles. The van der Waals surface area contributed by atoms with Crippen LogP contribution in [0, 0.1) is 20.2 Å². The summed E-state index contributed by atoms with van der Waals surface area (Å²) in [5, 5.41) is 23.3. The van der Waals surface area contributed by atoms with E-state index in [0.29, 0.717) is 36.9 Å². The normalized spacial score (nSPS) is 13.5. The second kappa shape index (κ2) is 9.53. The first-order valence-corrected chi connectivity index (χ1v) is 10.3. The van der Waals surface area contributed by atoms with E-state index < -0.39 is 9.85 Å². The minimum absolute atomic E-state index is 0.0133. The molecule has 1 aliphatic rings. The van der Waals surface area contributed by atoms with Gasteiger partial charge in [0.2, 0.25) is 11.6 Å². The van der Waals surface area contributed by atoms with Crippen molar-refractivity contribution >= 4 is 46.0 Å². The van der Waals surface area contributed by atoms with Crippen LogP contribution in [0.2, 0.25) is 5.02 Å². The van der Waals surface area contributed by atoms with Crippen LogP contribution in [0.3, 0.4) is 0 Å². The zero-order valence-electron chi connectivity index (χ0n) is 17.2. The standard InChI is InChI=1S/C20H19ClN8O4/c21-14-2-1-3-17(12-14)26-8-10-27(11-9-26)20-18(29(32)33)19(22-13-23-20)25-24-15-4-6-16(7-5-15)28(30)31/h1-7,12-13,24H,8-11H2,(H,22,23,25). The Labute approximate surface area is 193 Å². The van der Waals surface area contributed by atoms with Crippen LogP contribution in [-0.4, -0.2) is 46.0 Å². The average Bonchev–Trinajstić information content (AvgIpc) is 2.82. The van der Waals surface area contributed by atoms with E-state index in [1.165, 1.54) is 30.6 Å². The molecule has 2 aromatic carbocycles. The first kappa shape index (κ1) is 22.0. The van der Waals surface area contributed by atoms with Gasteiger partial charge >= 0.3 is 5.69 Å². The predicted molar refractivity (Wildman–Crippen MR) is 125 cm³/mol. The van der Waals surface area contributed by atoms with E-state index in [2.05, 4.69) is 25.7 Å². The van der Waals surface area contributed by atoms with Crippen molar-refractivity contribution in [3.05, 3.63) is 80.1 Å². The summed E-state index contributed by atoms with van der Waals surface area (Å²) >= 11 is 6.09. The lowest BCUT2D eigenvalue weighted by Crippen LogP contribution is -2.47. The molecule has 0 bridgehead atoms. The van der Waals surface area contributed by atoms with E-state index in [4.69, 9.17) is 11.6 Å². The van der Waals surface area contributed by atoms with Crippen molar-refractivity contribution in [2.75, 3.05) is 46.8 Å². The number of hydrogen-bond acceptors (Lipinski definition) is 10. The number of halogens is 1. The predicted octanol–water partition coefficient (Wildman–Crippen LogP) is 3.71. The molecule has 1 saturated heterocycles. The minimum Gasteiger partial charge on any atom is -0.368 e. The summed E-state index contributed by atoms with van der Waals surface area (Å²) in [6, 6.07) is 13.2. The van der Waals surface area contributed by atoms with E-state index in [1.54, 1.807) is 0 Å². The van der Waals surface area contributed by atoms with Crippen LogP contribution in [0.15, 0.2) is 54.9 Å². The highest BCUT2D eigenvalue weighted by Gasteiger charge is 2.29. The lowest BCUT2D eigenvalue weighted by molar-refractivity contribution is -0.384. The van der Waals surface area contributed by atoms with Crippen molar-refractivity contribution in [2.24, 2.45) is 0 Å². The molecule has 2 N–H and O–H groups in total. The van der Waals surface area contributed by atoms with E-state index in [0.717, 1.165) is 5.69 Å². The molecule has 4 rings (SSSR count). The first-order valence-electron chi connectivity index (χ1n) is 9.93. The molecule has 0 aliphatic carbocycles. The number of nitro benzene ring substituents is 1. The van der Waals surface area contributed by atoms with Crippen LogP contribution < -0.4 is 20.7 Å². The number of nitrogens with zero attached hydrogens (tertiary/aromatic N) is 6. The molecule has 33 heavy (non-hydrogen) atoms. The number of aromatic nitrogens is 2. The number of nitrogens with one attached hydrogen (secondary N) is 2. The van der Waals surface area contributed by atoms with Gasteiger partial charge in [-0.2, -0.15) is 0 Å². The van der Waals surface area contributed by atoms with Gasteiger partial charge in [0.1, 0.15) is 6.33 Å². The third-order valence-electron chi connectivity index (χ3n) is 5.14. The third-order valence-corrected chi connectivity index (χ3v) is 5.38. The molecule has 0 radical (unpaired) electrons. The molecule has 0 amide bonds. The minimum atomic E-state index is -0.529. The average molecular weight is 471 g/mol. The second-order valence-corrected chi connectivity index (χ2v) is 7.60. The number of nitro groups is 2. The molecule has 3 aromatic rings. The molecule has 0 unspecified atom stereocenters. The summed E-state index contributed by atoms with van der Waals surface area (Å²) in [5.74, 6) is 0.203. The molecule has 0 atom stereocenters. The maximum absolute atomic E-state index is 11.9. The Morgan fingerprint density at radius 2 is 1.58 bits per heavy atom. The Kier molecular flexibility index (Phi) is 6.36. The molecular weight excluding hydrogens is 452 g/mol. The van der Waals surface area contributed by atoms with Gasteiger partial charge in [0.25, 0.3) is 5.69 Å². The Balaban J connectivity index is 1.48. The topological polar surface area (TPSA) is 143 Å². The van der Waals surface area contributed by atoms with Crippen LogP contribution >= 0.6 is 11.6 Å². The largest absolute Gasteiger partial charge is 0.368 e. The van der Waals surface area contributed by atoms with Gasteiger partial charge in [0, 0.05) is 49.0 Å². The fourth-order valence-electron chi connectivity index (χ4n) is 3.51. The maximum atomic E-state index is 11.9. The smallest absolute Gasteiger partial charge is 0.355 e. The first-order chi connectivity index (χ1) is 15.9. The molecule has 13 heteroatoms. The SMILES string of the molecule is O=[N+]([O-])c1ccc(NNc2ncnc(N3CCN(c4cccc(Cl)c4)CC3)c2[N+](=O)[O-])cc1. The Morgan fingerprint density at radius 1 is 0.879 bits per heavy atom. The van der Waals surface area contributed by atoms with Crippen LogP contribution in [0.4, 0.5) is 34.4 Å². The van der Waals surface area contributed by atoms with E-state index in [-0.39, 0.29) is 23.0 Å². The molecule has 0 saturated carbocycles. The van der Waals surface area contributed by atoms with Crippen molar-refractivity contribution in [3.8, 4) is 0 Å². The van der Waals surface area contributed by atoms with Gasteiger partial charge in [-0.25, -0.2) is 9.97 Å². The summed E-state index contributed by atoms with van der Waals surface area (Å²) < 4.78 is 0. The summed E-state index contributed by atoms with van der Waals surface area (Å²) in [6.07, 6.45) is 1.26. The van der Waals surface area contributed by atoms with Crippen molar-refractivity contribution in [2.45, 2.75) is 0 Å². The highest BCUT2D eigenvalue weighted by atomic mass is 35.5. The van der Waals surface area contributed by atoms with E-state index in [9.17, 15) is 20.2 Å². The maximum Gasteiger partial charge on any atom is 0.355 e.